The number of fused-ring (bicyclic) bond motifs is 11. The predicted molar refractivity (Wildman–Crippen MR) is 180 cm³/mol. The zero-order chi connectivity index (χ0) is 27.4. The van der Waals surface area contributed by atoms with Crippen LogP contribution in [0.1, 0.15) is 0 Å². The van der Waals surface area contributed by atoms with Gasteiger partial charge in [-0.2, -0.15) is 0 Å². The molecule has 0 spiro atoms. The summed E-state index contributed by atoms with van der Waals surface area (Å²) in [6, 6.07) is 43.2. The van der Waals surface area contributed by atoms with Gasteiger partial charge in [0, 0.05) is 53.3 Å². The second-order valence-electron chi connectivity index (χ2n) is 10.8. The molecule has 10 rings (SSSR count). The van der Waals surface area contributed by atoms with E-state index in [0.717, 1.165) is 43.6 Å². The van der Waals surface area contributed by atoms with Crippen LogP contribution in [-0.2, 0) is 0 Å². The van der Waals surface area contributed by atoms with Crippen LogP contribution in [0.4, 0.5) is 0 Å². The van der Waals surface area contributed by atoms with Gasteiger partial charge in [0.1, 0.15) is 11.2 Å². The van der Waals surface area contributed by atoms with E-state index < -0.39 is 0 Å². The Balaban J connectivity index is 1.36. The van der Waals surface area contributed by atoms with Crippen LogP contribution in [0.15, 0.2) is 126 Å². The summed E-state index contributed by atoms with van der Waals surface area (Å²) in [6.07, 6.45) is 0. The Morgan fingerprint density at radius 3 is 2.21 bits per heavy atom. The molecule has 4 aromatic heterocycles. The van der Waals surface area contributed by atoms with Crippen molar-refractivity contribution < 1.29 is 4.42 Å². The monoisotopic (exact) mass is 572 g/mol. The van der Waals surface area contributed by atoms with E-state index in [9.17, 15) is 0 Å². The van der Waals surface area contributed by atoms with Crippen LogP contribution in [0.2, 0.25) is 0 Å². The molecule has 3 nitrogen and oxygen atoms in total. The first-order chi connectivity index (χ1) is 20.8. The Kier molecular flexibility index (Phi) is 4.48. The number of thiophene rings is 1. The number of nitrogens with zero attached hydrogens (tertiary/aromatic N) is 2. The molecule has 0 bridgehead atoms. The summed E-state index contributed by atoms with van der Waals surface area (Å²) >= 11 is 3.62. The van der Waals surface area contributed by atoms with E-state index in [4.69, 9.17) is 9.40 Å². The second kappa shape index (κ2) is 8.29. The SMILES string of the molecule is c1ccc(-c2cc3sc4ccccc4c3c3nc(-n4c5ccccc5c5cc6c(cc54)oc4ccccc46)sc23)cc1. The normalized spacial score (nSPS) is 12.3. The van der Waals surface area contributed by atoms with Crippen LogP contribution in [-0.4, -0.2) is 9.55 Å². The highest BCUT2D eigenvalue weighted by molar-refractivity contribution is 7.26. The maximum atomic E-state index is 6.35. The maximum absolute atomic E-state index is 6.35. The highest BCUT2D eigenvalue weighted by atomic mass is 32.1. The van der Waals surface area contributed by atoms with Crippen LogP contribution < -0.4 is 0 Å². The minimum Gasteiger partial charge on any atom is -0.456 e. The number of aromatic nitrogens is 2. The highest BCUT2D eigenvalue weighted by Crippen LogP contribution is 2.46. The fourth-order valence-corrected chi connectivity index (χ4v) is 8.88. The molecule has 0 unspecified atom stereocenters. The fraction of sp³-hybridized carbons (Fsp3) is 0. The summed E-state index contributed by atoms with van der Waals surface area (Å²) in [5.41, 5.74) is 7.57. The molecule has 6 aromatic carbocycles. The van der Waals surface area contributed by atoms with Crippen molar-refractivity contribution in [1.29, 1.82) is 0 Å². The van der Waals surface area contributed by atoms with Crippen molar-refractivity contribution in [3.05, 3.63) is 121 Å². The van der Waals surface area contributed by atoms with Gasteiger partial charge in [-0.1, -0.05) is 96.3 Å². The zero-order valence-corrected chi connectivity index (χ0v) is 23.8. The average molecular weight is 573 g/mol. The van der Waals surface area contributed by atoms with E-state index in [1.54, 1.807) is 11.3 Å². The summed E-state index contributed by atoms with van der Waals surface area (Å²) in [6.45, 7) is 0. The van der Waals surface area contributed by atoms with Crippen LogP contribution in [0.3, 0.4) is 0 Å². The smallest absolute Gasteiger partial charge is 0.195 e. The molecule has 0 aliphatic carbocycles. The Morgan fingerprint density at radius 1 is 0.548 bits per heavy atom. The molecule has 42 heavy (non-hydrogen) atoms. The Morgan fingerprint density at radius 2 is 1.31 bits per heavy atom. The molecule has 0 aliphatic rings. The number of hydrogen-bond donors (Lipinski definition) is 0. The van der Waals surface area contributed by atoms with Crippen molar-refractivity contribution >= 4 is 96.8 Å². The third-order valence-electron chi connectivity index (χ3n) is 8.44. The zero-order valence-electron chi connectivity index (χ0n) is 22.2. The number of para-hydroxylation sites is 2. The van der Waals surface area contributed by atoms with Gasteiger partial charge in [-0.15, -0.1) is 11.3 Å². The Labute approximate surface area is 247 Å². The molecular weight excluding hydrogens is 553 g/mol. The topological polar surface area (TPSA) is 31.0 Å². The largest absolute Gasteiger partial charge is 0.456 e. The molecule has 0 atom stereocenters. The van der Waals surface area contributed by atoms with E-state index in [2.05, 4.69) is 114 Å². The van der Waals surface area contributed by atoms with Crippen LogP contribution >= 0.6 is 22.7 Å². The predicted octanol–water partition coefficient (Wildman–Crippen LogP) is 11.3. The molecule has 5 heteroatoms. The minimum absolute atomic E-state index is 0.894. The summed E-state index contributed by atoms with van der Waals surface area (Å²) in [4.78, 5) is 5.47. The lowest BCUT2D eigenvalue weighted by molar-refractivity contribution is 0.669. The first kappa shape index (κ1) is 22.7. The third-order valence-corrected chi connectivity index (χ3v) is 10.6. The number of thiazole rings is 1. The van der Waals surface area contributed by atoms with Gasteiger partial charge in [-0.25, -0.2) is 4.98 Å². The van der Waals surface area contributed by atoms with E-state index in [-0.39, 0.29) is 0 Å². The van der Waals surface area contributed by atoms with Crippen molar-refractivity contribution in [3.63, 3.8) is 0 Å². The number of benzene rings is 6. The van der Waals surface area contributed by atoms with Gasteiger partial charge < -0.3 is 4.42 Å². The molecule has 0 saturated carbocycles. The second-order valence-corrected chi connectivity index (χ2v) is 12.8. The lowest BCUT2D eigenvalue weighted by Crippen LogP contribution is -1.92. The molecule has 0 saturated heterocycles. The highest BCUT2D eigenvalue weighted by Gasteiger charge is 2.22. The van der Waals surface area contributed by atoms with Gasteiger partial charge in [0.15, 0.2) is 5.13 Å². The summed E-state index contributed by atoms with van der Waals surface area (Å²) < 4.78 is 12.4. The molecule has 0 fully saturated rings. The van der Waals surface area contributed by atoms with Crippen molar-refractivity contribution in [1.82, 2.24) is 9.55 Å². The molecule has 4 heterocycles. The first-order valence-electron chi connectivity index (χ1n) is 14.0. The standard InChI is InChI=1S/C37H20N2OS2/c1-2-10-21(11-3-1)25-19-33-34(24-14-6-9-17-32(24)41-33)35-36(25)42-37(38-35)39-28-15-7-4-12-22(28)26-18-27-23-13-5-8-16-30(23)40-31(27)20-29(26)39/h1-20H. The fourth-order valence-electron chi connectivity index (χ4n) is 6.59. The van der Waals surface area contributed by atoms with E-state index in [0.29, 0.717) is 0 Å². The van der Waals surface area contributed by atoms with Gasteiger partial charge in [0.25, 0.3) is 0 Å². The molecule has 0 N–H and O–H groups in total. The van der Waals surface area contributed by atoms with Gasteiger partial charge in [-0.3, -0.25) is 4.57 Å². The van der Waals surface area contributed by atoms with Crippen LogP contribution in [0.25, 0.3) is 90.4 Å². The maximum Gasteiger partial charge on any atom is 0.195 e. The average Bonchev–Trinajstić information content (AvgIpc) is 3.79. The van der Waals surface area contributed by atoms with E-state index in [1.165, 1.54) is 46.8 Å². The Bertz CT molecular complexity index is 2690. The third kappa shape index (κ3) is 3.01. The number of rotatable bonds is 2. The lowest BCUT2D eigenvalue weighted by Gasteiger charge is -2.04. The molecular formula is C37H20N2OS2. The van der Waals surface area contributed by atoms with Crippen molar-refractivity contribution in [2.24, 2.45) is 0 Å². The quantitative estimate of drug-likeness (QED) is 0.206. The van der Waals surface area contributed by atoms with Crippen molar-refractivity contribution in [2.45, 2.75) is 0 Å². The van der Waals surface area contributed by atoms with Crippen LogP contribution in [0.5, 0.6) is 0 Å². The lowest BCUT2D eigenvalue weighted by atomic mass is 10.0. The minimum atomic E-state index is 0.894. The van der Waals surface area contributed by atoms with Gasteiger partial charge in [-0.05, 0) is 35.9 Å². The molecule has 10 aromatic rings. The molecule has 0 amide bonds. The number of hydrogen-bond acceptors (Lipinski definition) is 4. The van der Waals surface area contributed by atoms with Gasteiger partial charge in [0.2, 0.25) is 0 Å². The van der Waals surface area contributed by atoms with Crippen LogP contribution in [0, 0.1) is 0 Å². The van der Waals surface area contributed by atoms with E-state index >= 15 is 0 Å². The first-order valence-corrected chi connectivity index (χ1v) is 15.6. The van der Waals surface area contributed by atoms with Crippen molar-refractivity contribution in [2.75, 3.05) is 0 Å². The Hall–Kier alpha value is -4.97. The van der Waals surface area contributed by atoms with E-state index in [1.807, 2.05) is 23.5 Å². The molecule has 0 radical (unpaired) electrons. The molecule has 196 valence electrons. The van der Waals surface area contributed by atoms with Gasteiger partial charge in [0.05, 0.1) is 21.3 Å². The van der Waals surface area contributed by atoms with Crippen molar-refractivity contribution in [3.8, 4) is 16.3 Å². The number of furan rings is 1. The molecule has 0 aliphatic heterocycles. The summed E-state index contributed by atoms with van der Waals surface area (Å²) in [5.74, 6) is 0. The summed E-state index contributed by atoms with van der Waals surface area (Å²) in [5, 5.41) is 8.19. The van der Waals surface area contributed by atoms with Gasteiger partial charge >= 0.3 is 0 Å². The summed E-state index contributed by atoms with van der Waals surface area (Å²) in [7, 11) is 0.